The number of carbonyl (C=O) groups is 4. The highest BCUT2D eigenvalue weighted by atomic mass is 16.6. The maximum absolute atomic E-state index is 13.7. The Bertz CT molecular complexity index is 1130. The second kappa shape index (κ2) is 12.0. The lowest BCUT2D eigenvalue weighted by Gasteiger charge is -2.34. The molecule has 1 unspecified atom stereocenters. The highest BCUT2D eigenvalue weighted by Gasteiger charge is 2.47. The number of rotatable bonds is 1. The molecule has 212 valence electrons. The van der Waals surface area contributed by atoms with E-state index in [0.29, 0.717) is 38.3 Å². The number of methoxy groups -OCH3 is 1. The summed E-state index contributed by atoms with van der Waals surface area (Å²) in [7, 11) is 1.24. The Morgan fingerprint density at radius 3 is 2.59 bits per heavy atom. The number of cyclic esters (lactones) is 1. The summed E-state index contributed by atoms with van der Waals surface area (Å²) >= 11 is 0. The fourth-order valence-electron chi connectivity index (χ4n) is 4.96. The zero-order valence-corrected chi connectivity index (χ0v) is 22.9. The second-order valence-corrected chi connectivity index (χ2v) is 11.1. The summed E-state index contributed by atoms with van der Waals surface area (Å²) in [5.74, 6) is -0.383. The number of nitrogens with zero attached hydrogens (tertiary/aromatic N) is 2. The van der Waals surface area contributed by atoms with E-state index in [1.807, 2.05) is 51.1 Å². The van der Waals surface area contributed by atoms with Crippen LogP contribution in [-0.4, -0.2) is 78.9 Å². The predicted molar refractivity (Wildman–Crippen MR) is 140 cm³/mol. The fourth-order valence-corrected chi connectivity index (χ4v) is 4.96. The van der Waals surface area contributed by atoms with Crippen LogP contribution in [0.25, 0.3) is 0 Å². The van der Waals surface area contributed by atoms with Gasteiger partial charge >= 0.3 is 18.2 Å². The summed E-state index contributed by atoms with van der Waals surface area (Å²) in [6.07, 6.45) is 3.28. The quantitative estimate of drug-likeness (QED) is 0.326. The highest BCUT2D eigenvalue weighted by molar-refractivity contribution is 5.91. The molecule has 3 aliphatic heterocycles. The number of nitrogens with one attached hydrogen (secondary N) is 1. The molecule has 1 aromatic rings. The minimum Gasteiger partial charge on any atom is -0.490 e. The first-order valence-electron chi connectivity index (χ1n) is 13.2. The van der Waals surface area contributed by atoms with Gasteiger partial charge in [-0.3, -0.25) is 9.69 Å². The van der Waals surface area contributed by atoms with E-state index in [1.54, 1.807) is 4.90 Å². The number of allylic oxidation sites excluding steroid dienone is 1. The van der Waals surface area contributed by atoms with Gasteiger partial charge in [0.1, 0.15) is 30.5 Å². The Hall–Kier alpha value is -3.76. The first kappa shape index (κ1) is 28.3. The van der Waals surface area contributed by atoms with E-state index < -0.39 is 47.7 Å². The van der Waals surface area contributed by atoms with Gasteiger partial charge in [-0.2, -0.15) is 0 Å². The van der Waals surface area contributed by atoms with E-state index in [1.165, 1.54) is 12.0 Å². The van der Waals surface area contributed by atoms with Crippen molar-refractivity contribution < 1.29 is 38.1 Å². The van der Waals surface area contributed by atoms with Crippen molar-refractivity contribution in [3.63, 3.8) is 0 Å². The minimum atomic E-state index is -0.983. The summed E-state index contributed by atoms with van der Waals surface area (Å²) < 4.78 is 21.8. The molecular formula is C28H37N3O8. The molecule has 0 spiro atoms. The number of esters is 1. The second-order valence-electron chi connectivity index (χ2n) is 11.1. The molecule has 0 aromatic heterocycles. The van der Waals surface area contributed by atoms with Crippen LogP contribution in [-0.2, 0) is 36.9 Å². The standard InChI is InChI=1S/C28H37N3O8/c1-28(2,3)23-24(32)31-17-21(14-22(31)25(33)36-4)39-27(35)30-15-18-9-10-20(13-19(18)16-30)37-11-7-5-6-8-12-38-26(34)29-23/h5,7,9-10,13,21-23H,6,8,11-12,14-17H2,1-4H3,(H,29,34)/t21-,22?,23-/m1/s1. The third-order valence-electron chi connectivity index (χ3n) is 7.08. The Balaban J connectivity index is 1.57. The lowest BCUT2D eigenvalue weighted by Crippen LogP contribution is -2.57. The summed E-state index contributed by atoms with van der Waals surface area (Å²) in [5, 5.41) is 2.67. The third kappa shape index (κ3) is 6.82. The SMILES string of the molecule is COC(=O)C1C[C@@H]2CN1C(=O)[C@H](C(C)(C)C)NC(=O)OCCCC=CCOc1ccc3c(c1)CN(C3)C(=O)O2. The van der Waals surface area contributed by atoms with Crippen LogP contribution >= 0.6 is 0 Å². The van der Waals surface area contributed by atoms with Crippen LogP contribution in [0.5, 0.6) is 5.75 Å². The minimum absolute atomic E-state index is 0.00123. The van der Waals surface area contributed by atoms with Gasteiger partial charge in [-0.25, -0.2) is 14.4 Å². The van der Waals surface area contributed by atoms with Crippen LogP contribution in [0.1, 0.15) is 51.2 Å². The molecule has 11 heteroatoms. The van der Waals surface area contributed by atoms with Gasteiger partial charge < -0.3 is 29.2 Å². The van der Waals surface area contributed by atoms with Gasteiger partial charge in [0.05, 0.1) is 20.3 Å². The predicted octanol–water partition coefficient (Wildman–Crippen LogP) is 3.15. The average molecular weight is 544 g/mol. The molecule has 11 nitrogen and oxygen atoms in total. The zero-order valence-electron chi connectivity index (χ0n) is 22.9. The summed E-state index contributed by atoms with van der Waals surface area (Å²) in [6.45, 7) is 6.75. The zero-order chi connectivity index (χ0) is 28.2. The molecule has 1 fully saturated rings. The van der Waals surface area contributed by atoms with Crippen molar-refractivity contribution in [2.45, 2.75) is 71.3 Å². The van der Waals surface area contributed by atoms with Crippen LogP contribution < -0.4 is 10.1 Å². The van der Waals surface area contributed by atoms with Crippen LogP contribution in [0.3, 0.4) is 0 Å². The van der Waals surface area contributed by atoms with E-state index in [4.69, 9.17) is 18.9 Å². The molecule has 3 aliphatic rings. The molecule has 0 radical (unpaired) electrons. The highest BCUT2D eigenvalue weighted by Crippen LogP contribution is 2.30. The summed E-state index contributed by atoms with van der Waals surface area (Å²) in [6, 6.07) is 3.80. The molecule has 1 aromatic carbocycles. The van der Waals surface area contributed by atoms with Gasteiger partial charge in [0.2, 0.25) is 5.91 Å². The van der Waals surface area contributed by atoms with Crippen molar-refractivity contribution in [2.75, 3.05) is 26.9 Å². The maximum atomic E-state index is 13.7. The van der Waals surface area contributed by atoms with Gasteiger partial charge in [0, 0.05) is 19.5 Å². The number of hydrogen-bond donors (Lipinski definition) is 1. The molecule has 0 saturated carbocycles. The van der Waals surface area contributed by atoms with Crippen molar-refractivity contribution in [3.05, 3.63) is 41.5 Å². The molecular weight excluding hydrogens is 506 g/mol. The van der Waals surface area contributed by atoms with Crippen LogP contribution in [0.15, 0.2) is 30.4 Å². The normalized spacial score (nSPS) is 24.7. The number of fused-ring (bicyclic) bond motifs is 4. The van der Waals surface area contributed by atoms with Crippen molar-refractivity contribution in [1.29, 1.82) is 0 Å². The van der Waals surface area contributed by atoms with Crippen molar-refractivity contribution >= 4 is 24.1 Å². The molecule has 5 bridgehead atoms. The first-order valence-corrected chi connectivity index (χ1v) is 13.2. The monoisotopic (exact) mass is 543 g/mol. The molecule has 3 atom stereocenters. The number of amides is 3. The molecule has 3 amide bonds. The number of carbonyl (C=O) groups excluding carboxylic acids is 4. The Morgan fingerprint density at radius 2 is 1.85 bits per heavy atom. The van der Waals surface area contributed by atoms with Crippen LogP contribution in [0.4, 0.5) is 9.59 Å². The average Bonchev–Trinajstić information content (AvgIpc) is 3.51. The van der Waals surface area contributed by atoms with E-state index in [9.17, 15) is 19.2 Å². The van der Waals surface area contributed by atoms with Crippen LogP contribution in [0, 0.1) is 5.41 Å². The maximum Gasteiger partial charge on any atom is 0.410 e. The number of hydrogen-bond acceptors (Lipinski definition) is 8. The Kier molecular flexibility index (Phi) is 8.66. The summed E-state index contributed by atoms with van der Waals surface area (Å²) in [4.78, 5) is 54.9. The molecule has 1 saturated heterocycles. The molecule has 0 aliphatic carbocycles. The molecule has 39 heavy (non-hydrogen) atoms. The van der Waals surface area contributed by atoms with Gasteiger partial charge in [-0.1, -0.05) is 39.0 Å². The van der Waals surface area contributed by atoms with Gasteiger partial charge in [0.25, 0.3) is 0 Å². The lowest BCUT2D eigenvalue weighted by atomic mass is 9.85. The number of alkyl carbamates (subject to hydrolysis) is 1. The largest absolute Gasteiger partial charge is 0.490 e. The molecule has 1 N–H and O–H groups in total. The topological polar surface area (TPSA) is 124 Å². The smallest absolute Gasteiger partial charge is 0.410 e. The van der Waals surface area contributed by atoms with Crippen molar-refractivity contribution in [3.8, 4) is 5.75 Å². The Morgan fingerprint density at radius 1 is 1.08 bits per heavy atom. The van der Waals surface area contributed by atoms with E-state index in [2.05, 4.69) is 5.32 Å². The van der Waals surface area contributed by atoms with Crippen molar-refractivity contribution in [2.24, 2.45) is 5.41 Å². The number of benzene rings is 1. The first-order chi connectivity index (χ1) is 18.6. The van der Waals surface area contributed by atoms with E-state index >= 15 is 0 Å². The van der Waals surface area contributed by atoms with Crippen molar-refractivity contribution in [1.82, 2.24) is 15.1 Å². The van der Waals surface area contributed by atoms with E-state index in [0.717, 1.165) is 11.1 Å². The van der Waals surface area contributed by atoms with Crippen LogP contribution in [0.2, 0.25) is 0 Å². The number of ether oxygens (including phenoxy) is 4. The van der Waals surface area contributed by atoms with E-state index in [-0.39, 0.29) is 19.6 Å². The third-order valence-corrected chi connectivity index (χ3v) is 7.08. The summed E-state index contributed by atoms with van der Waals surface area (Å²) in [5.41, 5.74) is 1.29. The van der Waals surface area contributed by atoms with Gasteiger partial charge in [-0.15, -0.1) is 0 Å². The Labute approximate surface area is 228 Å². The lowest BCUT2D eigenvalue weighted by molar-refractivity contribution is -0.152. The molecule has 3 heterocycles. The fraction of sp³-hybridized carbons (Fsp3) is 0.571. The molecule has 4 rings (SSSR count). The van der Waals surface area contributed by atoms with Gasteiger partial charge in [0.15, 0.2) is 0 Å². The van der Waals surface area contributed by atoms with Gasteiger partial charge in [-0.05, 0) is 41.5 Å².